The second-order valence-corrected chi connectivity index (χ2v) is 7.34. The molecule has 140 valence electrons. The minimum absolute atomic E-state index is 0.0984. The maximum atomic E-state index is 12.9. The summed E-state index contributed by atoms with van der Waals surface area (Å²) in [6.45, 7) is 4.21. The number of amides is 1. The normalized spacial score (nSPS) is 15.4. The first-order valence-corrected chi connectivity index (χ1v) is 9.69. The number of piperazine rings is 1. The zero-order valence-corrected chi connectivity index (χ0v) is 15.6. The largest absolute Gasteiger partial charge is 0.345 e. The number of aromatic amines is 1. The molecule has 0 radical (unpaired) electrons. The number of nitrogens with one attached hydrogen (secondary N) is 1. The Morgan fingerprint density at radius 2 is 1.79 bits per heavy atom. The van der Waals surface area contributed by atoms with E-state index in [1.807, 2.05) is 23.1 Å². The number of rotatable bonds is 3. The van der Waals surface area contributed by atoms with Gasteiger partial charge in [0.15, 0.2) is 0 Å². The predicted molar refractivity (Wildman–Crippen MR) is 111 cm³/mol. The van der Waals surface area contributed by atoms with E-state index in [2.05, 4.69) is 57.3 Å². The number of hydrogen-bond acceptors (Lipinski definition) is 3. The van der Waals surface area contributed by atoms with Crippen molar-refractivity contribution in [2.24, 2.45) is 0 Å². The van der Waals surface area contributed by atoms with Crippen molar-refractivity contribution in [3.8, 4) is 0 Å². The molecule has 1 aliphatic heterocycles. The first-order chi connectivity index (χ1) is 13.8. The van der Waals surface area contributed by atoms with E-state index in [0.29, 0.717) is 0 Å². The monoisotopic (exact) mass is 370 g/mol. The molecule has 1 aromatic heterocycles. The van der Waals surface area contributed by atoms with Gasteiger partial charge in [-0.15, -0.1) is 0 Å². The molecule has 3 aromatic carbocycles. The lowest BCUT2D eigenvalue weighted by Gasteiger charge is -2.35. The van der Waals surface area contributed by atoms with Crippen molar-refractivity contribution in [2.45, 2.75) is 6.54 Å². The second kappa shape index (κ2) is 7.09. The van der Waals surface area contributed by atoms with E-state index in [9.17, 15) is 4.79 Å². The van der Waals surface area contributed by atoms with Gasteiger partial charge in [-0.3, -0.25) is 9.69 Å². The first kappa shape index (κ1) is 17.0. The minimum Gasteiger partial charge on any atom is -0.345 e. The third-order valence-electron chi connectivity index (χ3n) is 5.60. The summed E-state index contributed by atoms with van der Waals surface area (Å²) in [6, 6.07) is 20.7. The molecule has 1 fully saturated rings. The zero-order valence-electron chi connectivity index (χ0n) is 15.6. The summed E-state index contributed by atoms with van der Waals surface area (Å²) in [4.78, 5) is 24.6. The predicted octanol–water partition coefficient (Wildman–Crippen LogP) is 3.67. The van der Waals surface area contributed by atoms with Gasteiger partial charge < -0.3 is 9.88 Å². The lowest BCUT2D eigenvalue weighted by Crippen LogP contribution is -2.48. The van der Waals surface area contributed by atoms with Gasteiger partial charge in [-0.2, -0.15) is 0 Å². The van der Waals surface area contributed by atoms with E-state index in [4.69, 9.17) is 0 Å². The van der Waals surface area contributed by atoms with Crippen LogP contribution in [-0.4, -0.2) is 51.9 Å². The third-order valence-corrected chi connectivity index (χ3v) is 5.60. The molecule has 0 bridgehead atoms. The maximum Gasteiger partial charge on any atom is 0.254 e. The molecule has 5 heteroatoms. The smallest absolute Gasteiger partial charge is 0.254 e. The molecule has 1 amide bonds. The number of H-pyrrole nitrogens is 1. The number of imidazole rings is 1. The molecule has 1 aliphatic rings. The minimum atomic E-state index is 0.0984. The highest BCUT2D eigenvalue weighted by Gasteiger charge is 2.22. The molecule has 4 aromatic rings. The number of aromatic nitrogens is 2. The van der Waals surface area contributed by atoms with Gasteiger partial charge in [0.1, 0.15) is 0 Å². The molecular weight excluding hydrogens is 348 g/mol. The number of hydrogen-bond donors (Lipinski definition) is 1. The first-order valence-electron chi connectivity index (χ1n) is 9.69. The van der Waals surface area contributed by atoms with E-state index in [1.165, 1.54) is 16.3 Å². The topological polar surface area (TPSA) is 52.2 Å². The van der Waals surface area contributed by atoms with Crippen LogP contribution in [0.25, 0.3) is 21.8 Å². The Labute approximate surface area is 163 Å². The summed E-state index contributed by atoms with van der Waals surface area (Å²) in [5, 5.41) is 2.60. The van der Waals surface area contributed by atoms with E-state index >= 15 is 0 Å². The fourth-order valence-corrected chi connectivity index (χ4v) is 4.03. The van der Waals surface area contributed by atoms with E-state index in [1.54, 1.807) is 6.33 Å². The third kappa shape index (κ3) is 3.14. The molecule has 0 saturated carbocycles. The van der Waals surface area contributed by atoms with Crippen LogP contribution < -0.4 is 0 Å². The van der Waals surface area contributed by atoms with Gasteiger partial charge >= 0.3 is 0 Å². The quantitative estimate of drug-likeness (QED) is 0.599. The summed E-state index contributed by atoms with van der Waals surface area (Å²) in [5.74, 6) is 0.0984. The Kier molecular flexibility index (Phi) is 4.29. The van der Waals surface area contributed by atoms with Crippen LogP contribution >= 0.6 is 0 Å². The SMILES string of the molecule is O=C(c1ccc2nc[nH]c2c1)N1CCN(Cc2cccc3ccccc23)CC1. The van der Waals surface area contributed by atoms with Crippen molar-refractivity contribution in [3.05, 3.63) is 78.1 Å². The molecule has 5 rings (SSSR count). The standard InChI is InChI=1S/C23H22N4O/c28-23(18-8-9-21-22(14-18)25-16-24-21)27-12-10-26(11-13-27)15-19-6-3-5-17-4-1-2-7-20(17)19/h1-9,14,16H,10-13,15H2,(H,24,25). The Balaban J connectivity index is 1.26. The van der Waals surface area contributed by atoms with Crippen LogP contribution in [0, 0.1) is 0 Å². The Bertz CT molecular complexity index is 1140. The average Bonchev–Trinajstić information content (AvgIpc) is 3.22. The number of carbonyl (C=O) groups is 1. The van der Waals surface area contributed by atoms with Crippen molar-refractivity contribution in [2.75, 3.05) is 26.2 Å². The van der Waals surface area contributed by atoms with Crippen LogP contribution in [0.15, 0.2) is 67.0 Å². The van der Waals surface area contributed by atoms with Crippen molar-refractivity contribution >= 4 is 27.7 Å². The number of fused-ring (bicyclic) bond motifs is 2. The van der Waals surface area contributed by atoms with Crippen molar-refractivity contribution < 1.29 is 4.79 Å². The second-order valence-electron chi connectivity index (χ2n) is 7.34. The molecular formula is C23H22N4O. The van der Waals surface area contributed by atoms with Gasteiger partial charge in [-0.05, 0) is 34.5 Å². The Hall–Kier alpha value is -3.18. The lowest BCUT2D eigenvalue weighted by atomic mass is 10.0. The molecule has 0 aliphatic carbocycles. The van der Waals surface area contributed by atoms with Gasteiger partial charge in [0, 0.05) is 38.3 Å². The van der Waals surface area contributed by atoms with Crippen molar-refractivity contribution in [1.82, 2.24) is 19.8 Å². The lowest BCUT2D eigenvalue weighted by molar-refractivity contribution is 0.0629. The summed E-state index contributed by atoms with van der Waals surface area (Å²) in [6.07, 6.45) is 1.66. The van der Waals surface area contributed by atoms with Crippen LogP contribution in [0.3, 0.4) is 0 Å². The highest BCUT2D eigenvalue weighted by molar-refractivity contribution is 5.97. The highest BCUT2D eigenvalue weighted by atomic mass is 16.2. The highest BCUT2D eigenvalue weighted by Crippen LogP contribution is 2.21. The van der Waals surface area contributed by atoms with Crippen LogP contribution in [0.5, 0.6) is 0 Å². The van der Waals surface area contributed by atoms with Crippen molar-refractivity contribution in [1.29, 1.82) is 0 Å². The van der Waals surface area contributed by atoms with Gasteiger partial charge in [0.2, 0.25) is 0 Å². The Morgan fingerprint density at radius 1 is 0.964 bits per heavy atom. The molecule has 28 heavy (non-hydrogen) atoms. The van der Waals surface area contributed by atoms with Crippen LogP contribution in [0.1, 0.15) is 15.9 Å². The Morgan fingerprint density at radius 3 is 2.68 bits per heavy atom. The molecule has 1 saturated heterocycles. The number of benzene rings is 3. The summed E-state index contributed by atoms with van der Waals surface area (Å²) in [5.41, 5.74) is 3.86. The molecule has 0 atom stereocenters. The van der Waals surface area contributed by atoms with E-state index < -0.39 is 0 Å². The van der Waals surface area contributed by atoms with Crippen LogP contribution in [0.4, 0.5) is 0 Å². The average molecular weight is 370 g/mol. The number of nitrogens with zero attached hydrogens (tertiary/aromatic N) is 3. The van der Waals surface area contributed by atoms with Crippen LogP contribution in [0.2, 0.25) is 0 Å². The summed E-state index contributed by atoms with van der Waals surface area (Å²) >= 11 is 0. The van der Waals surface area contributed by atoms with Gasteiger partial charge in [-0.25, -0.2) is 4.98 Å². The molecule has 2 heterocycles. The summed E-state index contributed by atoms with van der Waals surface area (Å²) < 4.78 is 0. The summed E-state index contributed by atoms with van der Waals surface area (Å²) in [7, 11) is 0. The van der Waals surface area contributed by atoms with Crippen molar-refractivity contribution in [3.63, 3.8) is 0 Å². The fraction of sp³-hybridized carbons (Fsp3) is 0.217. The molecule has 0 spiro atoms. The van der Waals surface area contributed by atoms with E-state index in [0.717, 1.165) is 49.3 Å². The van der Waals surface area contributed by atoms with Crippen LogP contribution in [-0.2, 0) is 6.54 Å². The van der Waals surface area contributed by atoms with E-state index in [-0.39, 0.29) is 5.91 Å². The fourth-order valence-electron chi connectivity index (χ4n) is 4.03. The van der Waals surface area contributed by atoms with Gasteiger partial charge in [-0.1, -0.05) is 42.5 Å². The number of carbonyl (C=O) groups excluding carboxylic acids is 1. The van der Waals surface area contributed by atoms with Gasteiger partial charge in [0.05, 0.1) is 17.4 Å². The van der Waals surface area contributed by atoms with Gasteiger partial charge in [0.25, 0.3) is 5.91 Å². The molecule has 1 N–H and O–H groups in total. The molecule has 0 unspecified atom stereocenters. The zero-order chi connectivity index (χ0) is 18.9. The maximum absolute atomic E-state index is 12.9. The molecule has 5 nitrogen and oxygen atoms in total.